The lowest BCUT2D eigenvalue weighted by molar-refractivity contribution is -0.145. The van der Waals surface area contributed by atoms with Crippen molar-refractivity contribution in [3.05, 3.63) is 21.9 Å². The smallest absolute Gasteiger partial charge is 0.223 e. The number of carbonyl (C=O) groups excluding carboxylic acids is 2. The number of piperidine rings is 1. The number of hydrogen-bond donors (Lipinski definition) is 0. The van der Waals surface area contributed by atoms with Crippen LogP contribution >= 0.6 is 11.3 Å². The van der Waals surface area contributed by atoms with Crippen molar-refractivity contribution in [1.82, 2.24) is 4.90 Å². The molecule has 0 aliphatic carbocycles. The van der Waals surface area contributed by atoms with E-state index in [1.165, 1.54) is 5.56 Å². The molecule has 1 fully saturated rings. The third-order valence-corrected chi connectivity index (χ3v) is 4.03. The zero-order chi connectivity index (χ0) is 10.4. The molecule has 15 heavy (non-hydrogen) atoms. The molecular formula is C11H11NO2S. The summed E-state index contributed by atoms with van der Waals surface area (Å²) in [6.45, 7) is 0.707. The van der Waals surface area contributed by atoms with Crippen LogP contribution in [0.4, 0.5) is 0 Å². The normalized spacial score (nSPS) is 25.1. The fourth-order valence-electron chi connectivity index (χ4n) is 2.44. The average molecular weight is 221 g/mol. The van der Waals surface area contributed by atoms with Gasteiger partial charge in [0.2, 0.25) is 5.91 Å². The minimum atomic E-state index is -0.263. The van der Waals surface area contributed by atoms with Gasteiger partial charge in [0.25, 0.3) is 0 Å². The van der Waals surface area contributed by atoms with Crippen molar-refractivity contribution in [3.8, 4) is 0 Å². The third-order valence-electron chi connectivity index (χ3n) is 3.21. The Bertz CT molecular complexity index is 438. The van der Waals surface area contributed by atoms with Crippen LogP contribution in [0.25, 0.3) is 0 Å². The summed E-state index contributed by atoms with van der Waals surface area (Å²) in [5.74, 6) is 0.338. The standard InChI is InChI=1S/C11H11NO2S/c13-9-1-2-10(14)12-4-3-7-5-15-6-8(7)11(9)12/h5-6,11H,1-4H2. The number of ketones is 1. The van der Waals surface area contributed by atoms with Crippen LogP contribution in [0.15, 0.2) is 10.8 Å². The van der Waals surface area contributed by atoms with Crippen LogP contribution in [-0.4, -0.2) is 23.1 Å². The van der Waals surface area contributed by atoms with Gasteiger partial charge >= 0.3 is 0 Å². The van der Waals surface area contributed by atoms with Gasteiger partial charge in [-0.25, -0.2) is 0 Å². The van der Waals surface area contributed by atoms with Crippen molar-refractivity contribution in [1.29, 1.82) is 0 Å². The molecule has 2 aliphatic rings. The monoisotopic (exact) mass is 221 g/mol. The highest BCUT2D eigenvalue weighted by molar-refractivity contribution is 7.08. The van der Waals surface area contributed by atoms with E-state index >= 15 is 0 Å². The first kappa shape index (κ1) is 9.09. The summed E-state index contributed by atoms with van der Waals surface area (Å²) in [4.78, 5) is 25.3. The lowest BCUT2D eigenvalue weighted by atomic mass is 9.88. The van der Waals surface area contributed by atoms with Gasteiger partial charge in [-0.1, -0.05) is 0 Å². The van der Waals surface area contributed by atoms with Crippen LogP contribution < -0.4 is 0 Å². The molecule has 0 saturated carbocycles. The van der Waals surface area contributed by atoms with Crippen molar-refractivity contribution < 1.29 is 9.59 Å². The molecule has 1 amide bonds. The fraction of sp³-hybridized carbons (Fsp3) is 0.455. The Kier molecular flexibility index (Phi) is 1.92. The van der Waals surface area contributed by atoms with Crippen molar-refractivity contribution in [2.45, 2.75) is 25.3 Å². The molecule has 3 heterocycles. The first-order chi connectivity index (χ1) is 7.27. The molecule has 0 N–H and O–H groups in total. The maximum absolute atomic E-state index is 11.8. The van der Waals surface area contributed by atoms with E-state index in [1.807, 2.05) is 5.38 Å². The van der Waals surface area contributed by atoms with Crippen LogP contribution in [0.1, 0.15) is 30.0 Å². The summed E-state index contributed by atoms with van der Waals surface area (Å²) >= 11 is 1.62. The predicted octanol–water partition coefficient (Wildman–Crippen LogP) is 1.54. The summed E-state index contributed by atoms with van der Waals surface area (Å²) < 4.78 is 0. The van der Waals surface area contributed by atoms with Crippen molar-refractivity contribution >= 4 is 23.0 Å². The maximum atomic E-state index is 11.8. The van der Waals surface area contributed by atoms with Crippen LogP contribution in [0, 0.1) is 0 Å². The van der Waals surface area contributed by atoms with Crippen LogP contribution in [0.3, 0.4) is 0 Å². The van der Waals surface area contributed by atoms with Crippen molar-refractivity contribution in [2.75, 3.05) is 6.54 Å². The second kappa shape index (κ2) is 3.17. The average Bonchev–Trinajstić information content (AvgIpc) is 2.70. The minimum Gasteiger partial charge on any atom is -0.328 e. The van der Waals surface area contributed by atoms with Crippen molar-refractivity contribution in [3.63, 3.8) is 0 Å². The molecule has 0 radical (unpaired) electrons. The SMILES string of the molecule is O=C1CCC(=O)N2CCc3cscc3C12. The quantitative estimate of drug-likeness (QED) is 0.666. The summed E-state index contributed by atoms with van der Waals surface area (Å²) in [6.07, 6.45) is 1.71. The maximum Gasteiger partial charge on any atom is 0.223 e. The molecule has 0 spiro atoms. The highest BCUT2D eigenvalue weighted by atomic mass is 32.1. The van der Waals surface area contributed by atoms with E-state index in [0.29, 0.717) is 19.4 Å². The molecule has 3 rings (SSSR count). The van der Waals surface area contributed by atoms with Gasteiger partial charge in [0.05, 0.1) is 0 Å². The predicted molar refractivity (Wildman–Crippen MR) is 56.7 cm³/mol. The Morgan fingerprint density at radius 1 is 1.20 bits per heavy atom. The van der Waals surface area contributed by atoms with Gasteiger partial charge in [-0.15, -0.1) is 0 Å². The van der Waals surface area contributed by atoms with Crippen LogP contribution in [0.5, 0.6) is 0 Å². The molecule has 2 aliphatic heterocycles. The summed E-state index contributed by atoms with van der Waals surface area (Å²) in [5, 5.41) is 4.11. The second-order valence-corrected chi connectivity index (χ2v) is 4.80. The van der Waals surface area contributed by atoms with Crippen molar-refractivity contribution in [2.24, 2.45) is 0 Å². The summed E-state index contributed by atoms with van der Waals surface area (Å²) in [7, 11) is 0. The van der Waals surface area contributed by atoms with E-state index in [9.17, 15) is 9.59 Å². The molecule has 0 bridgehead atoms. The molecule has 1 unspecified atom stereocenters. The zero-order valence-corrected chi connectivity index (χ0v) is 9.05. The van der Waals surface area contributed by atoms with Gasteiger partial charge < -0.3 is 4.90 Å². The summed E-state index contributed by atoms with van der Waals surface area (Å²) in [6, 6.07) is -0.263. The third kappa shape index (κ3) is 1.24. The van der Waals surface area contributed by atoms with E-state index in [1.54, 1.807) is 16.2 Å². The lowest BCUT2D eigenvalue weighted by Crippen LogP contribution is -2.46. The number of Topliss-reactive ketones (excluding diaryl/α,β-unsaturated/α-hetero) is 1. The second-order valence-electron chi connectivity index (χ2n) is 4.06. The highest BCUT2D eigenvalue weighted by Gasteiger charge is 2.39. The number of carbonyl (C=O) groups is 2. The first-order valence-corrected chi connectivity index (χ1v) is 6.09. The minimum absolute atomic E-state index is 0.136. The summed E-state index contributed by atoms with van der Waals surface area (Å²) in [5.41, 5.74) is 2.33. The van der Waals surface area contributed by atoms with Crippen LogP contribution in [0.2, 0.25) is 0 Å². The number of rotatable bonds is 0. The number of hydrogen-bond acceptors (Lipinski definition) is 3. The van der Waals surface area contributed by atoms with Gasteiger partial charge in [0, 0.05) is 19.4 Å². The molecule has 78 valence electrons. The van der Waals surface area contributed by atoms with Crippen LogP contribution in [-0.2, 0) is 16.0 Å². The fourth-order valence-corrected chi connectivity index (χ4v) is 3.35. The number of nitrogens with zero attached hydrogens (tertiary/aromatic N) is 1. The Morgan fingerprint density at radius 3 is 2.93 bits per heavy atom. The molecule has 1 atom stereocenters. The van der Waals surface area contributed by atoms with E-state index in [4.69, 9.17) is 0 Å². The van der Waals surface area contributed by atoms with Gasteiger partial charge in [-0.2, -0.15) is 11.3 Å². The molecule has 0 aromatic carbocycles. The largest absolute Gasteiger partial charge is 0.328 e. The topological polar surface area (TPSA) is 37.4 Å². The first-order valence-electron chi connectivity index (χ1n) is 5.14. The Morgan fingerprint density at radius 2 is 2.07 bits per heavy atom. The Labute approximate surface area is 91.7 Å². The Hall–Kier alpha value is -1.16. The Balaban J connectivity index is 2.08. The number of fused-ring (bicyclic) bond motifs is 3. The molecule has 4 heteroatoms. The van der Waals surface area contributed by atoms with Gasteiger partial charge in [0.15, 0.2) is 5.78 Å². The molecular weight excluding hydrogens is 210 g/mol. The highest BCUT2D eigenvalue weighted by Crippen LogP contribution is 2.36. The van der Waals surface area contributed by atoms with Gasteiger partial charge in [-0.05, 0) is 28.3 Å². The molecule has 3 nitrogen and oxygen atoms in total. The molecule has 1 saturated heterocycles. The van der Waals surface area contributed by atoms with E-state index < -0.39 is 0 Å². The van der Waals surface area contributed by atoms with Gasteiger partial charge in [-0.3, -0.25) is 9.59 Å². The number of amides is 1. The molecule has 1 aromatic rings. The van der Waals surface area contributed by atoms with Gasteiger partial charge in [0.1, 0.15) is 6.04 Å². The molecule has 1 aromatic heterocycles. The lowest BCUT2D eigenvalue weighted by Gasteiger charge is -2.38. The van der Waals surface area contributed by atoms with E-state index in [2.05, 4.69) is 5.38 Å². The van der Waals surface area contributed by atoms with E-state index in [-0.39, 0.29) is 17.7 Å². The zero-order valence-electron chi connectivity index (χ0n) is 8.23. The van der Waals surface area contributed by atoms with E-state index in [0.717, 1.165) is 12.0 Å². The number of thiophene rings is 1.